The predicted molar refractivity (Wildman–Crippen MR) is 136 cm³/mol. The molecule has 0 radical (unpaired) electrons. The Morgan fingerprint density at radius 3 is 2.60 bits per heavy atom. The lowest BCUT2D eigenvalue weighted by Crippen LogP contribution is -2.48. The molecule has 35 heavy (non-hydrogen) atoms. The van der Waals surface area contributed by atoms with Gasteiger partial charge in [0.05, 0.1) is 6.04 Å². The van der Waals surface area contributed by atoms with Crippen LogP contribution in [-0.2, 0) is 11.2 Å². The SMILES string of the molecule is CCCN(CC(=O)N1CCc2sccc2C1COc1ccc(F)cc1)C(=O)Nc1ccc(C)cc1. The van der Waals surface area contributed by atoms with Gasteiger partial charge in [-0.15, -0.1) is 11.3 Å². The van der Waals surface area contributed by atoms with Crippen molar-refractivity contribution in [3.63, 3.8) is 0 Å². The molecule has 0 aliphatic carbocycles. The van der Waals surface area contributed by atoms with E-state index in [-0.39, 0.29) is 36.9 Å². The molecule has 1 aliphatic heterocycles. The molecule has 2 heterocycles. The summed E-state index contributed by atoms with van der Waals surface area (Å²) in [6.07, 6.45) is 1.51. The van der Waals surface area contributed by atoms with Crippen molar-refractivity contribution in [3.05, 3.63) is 81.8 Å². The number of ether oxygens (including phenoxy) is 1. The van der Waals surface area contributed by atoms with E-state index in [1.807, 2.05) is 49.6 Å². The Morgan fingerprint density at radius 2 is 1.89 bits per heavy atom. The van der Waals surface area contributed by atoms with Crippen molar-refractivity contribution in [2.75, 3.05) is 31.6 Å². The molecular formula is C27H30FN3O3S. The highest BCUT2D eigenvalue weighted by molar-refractivity contribution is 7.10. The van der Waals surface area contributed by atoms with Gasteiger partial charge in [0.1, 0.15) is 24.7 Å². The van der Waals surface area contributed by atoms with Gasteiger partial charge in [0.2, 0.25) is 5.91 Å². The number of anilines is 1. The summed E-state index contributed by atoms with van der Waals surface area (Å²) < 4.78 is 19.2. The topological polar surface area (TPSA) is 61.9 Å². The molecule has 1 atom stereocenters. The minimum atomic E-state index is -0.327. The molecule has 0 saturated carbocycles. The van der Waals surface area contributed by atoms with Crippen LogP contribution < -0.4 is 10.1 Å². The number of benzene rings is 2. The number of hydrogen-bond donors (Lipinski definition) is 1. The van der Waals surface area contributed by atoms with Crippen LogP contribution >= 0.6 is 11.3 Å². The summed E-state index contributed by atoms with van der Waals surface area (Å²) in [5.74, 6) is 0.0974. The fraction of sp³-hybridized carbons (Fsp3) is 0.333. The molecule has 4 rings (SSSR count). The summed E-state index contributed by atoms with van der Waals surface area (Å²) in [6, 6.07) is 14.9. The summed E-state index contributed by atoms with van der Waals surface area (Å²) in [7, 11) is 0. The van der Waals surface area contributed by atoms with Crippen LogP contribution in [0.2, 0.25) is 0 Å². The quantitative estimate of drug-likeness (QED) is 0.440. The first-order chi connectivity index (χ1) is 16.9. The second-order valence-electron chi connectivity index (χ2n) is 8.63. The van der Waals surface area contributed by atoms with Gasteiger partial charge in [-0.25, -0.2) is 9.18 Å². The number of fused-ring (bicyclic) bond motifs is 1. The predicted octanol–water partition coefficient (Wildman–Crippen LogP) is 5.64. The van der Waals surface area contributed by atoms with Crippen LogP contribution in [0.25, 0.3) is 0 Å². The Hall–Kier alpha value is -3.39. The second kappa shape index (κ2) is 11.4. The van der Waals surface area contributed by atoms with Crippen LogP contribution in [0.3, 0.4) is 0 Å². The van der Waals surface area contributed by atoms with Gasteiger partial charge in [-0.3, -0.25) is 4.79 Å². The van der Waals surface area contributed by atoms with Crippen molar-refractivity contribution in [1.82, 2.24) is 9.80 Å². The largest absolute Gasteiger partial charge is 0.491 e. The average Bonchev–Trinajstić information content (AvgIpc) is 3.34. The summed E-state index contributed by atoms with van der Waals surface area (Å²) in [5, 5.41) is 4.93. The van der Waals surface area contributed by atoms with Crippen LogP contribution in [0.4, 0.5) is 14.9 Å². The molecule has 1 N–H and O–H groups in total. The second-order valence-corrected chi connectivity index (χ2v) is 9.64. The van der Waals surface area contributed by atoms with E-state index >= 15 is 0 Å². The molecule has 1 aliphatic rings. The van der Waals surface area contributed by atoms with Gasteiger partial charge in [0, 0.05) is 23.7 Å². The first-order valence-electron chi connectivity index (χ1n) is 11.8. The molecule has 0 spiro atoms. The van der Waals surface area contributed by atoms with Gasteiger partial charge < -0.3 is 19.9 Å². The molecule has 0 bridgehead atoms. The molecular weight excluding hydrogens is 465 g/mol. The lowest BCUT2D eigenvalue weighted by Gasteiger charge is -2.37. The first-order valence-corrected chi connectivity index (χ1v) is 12.7. The number of carbonyl (C=O) groups excluding carboxylic acids is 2. The van der Waals surface area contributed by atoms with Gasteiger partial charge in [0.15, 0.2) is 0 Å². The minimum absolute atomic E-state index is 0.0158. The molecule has 3 amide bonds. The fourth-order valence-corrected chi connectivity index (χ4v) is 5.12. The van der Waals surface area contributed by atoms with Gasteiger partial charge in [-0.2, -0.15) is 0 Å². The van der Waals surface area contributed by atoms with Crippen molar-refractivity contribution in [2.45, 2.75) is 32.7 Å². The summed E-state index contributed by atoms with van der Waals surface area (Å²) in [5.41, 5.74) is 2.87. The fourth-order valence-electron chi connectivity index (χ4n) is 4.20. The monoisotopic (exact) mass is 495 g/mol. The van der Waals surface area contributed by atoms with Gasteiger partial charge in [0.25, 0.3) is 0 Å². The number of hydrogen-bond acceptors (Lipinski definition) is 4. The number of nitrogens with one attached hydrogen (secondary N) is 1. The summed E-state index contributed by atoms with van der Waals surface area (Å²) in [6.45, 7) is 5.24. The Kier molecular flexibility index (Phi) is 8.02. The van der Waals surface area contributed by atoms with E-state index in [9.17, 15) is 14.0 Å². The molecule has 1 aromatic heterocycles. The maximum absolute atomic E-state index is 13.5. The molecule has 3 aromatic rings. The number of rotatable bonds is 8. The Morgan fingerprint density at radius 1 is 1.14 bits per heavy atom. The lowest BCUT2D eigenvalue weighted by atomic mass is 10.0. The Bertz CT molecular complexity index is 1150. The first kappa shape index (κ1) is 24.7. The van der Waals surface area contributed by atoms with Crippen molar-refractivity contribution in [1.29, 1.82) is 0 Å². The van der Waals surface area contributed by atoms with Crippen LogP contribution in [0.15, 0.2) is 60.0 Å². The molecule has 0 saturated heterocycles. The van der Waals surface area contributed by atoms with Crippen LogP contribution in [0, 0.1) is 12.7 Å². The molecule has 1 unspecified atom stereocenters. The number of amides is 3. The van der Waals surface area contributed by atoms with Crippen molar-refractivity contribution < 1.29 is 18.7 Å². The molecule has 0 fully saturated rings. The van der Waals surface area contributed by atoms with Gasteiger partial charge in [-0.05, 0) is 73.2 Å². The number of thiophene rings is 1. The third kappa shape index (κ3) is 6.19. The van der Waals surface area contributed by atoms with Crippen LogP contribution in [0.5, 0.6) is 5.75 Å². The van der Waals surface area contributed by atoms with Gasteiger partial charge >= 0.3 is 6.03 Å². The maximum atomic E-state index is 13.5. The normalized spacial score (nSPS) is 14.8. The van der Waals surface area contributed by atoms with E-state index in [4.69, 9.17) is 4.74 Å². The highest BCUT2D eigenvalue weighted by Gasteiger charge is 2.33. The molecule has 2 aromatic carbocycles. The highest BCUT2D eigenvalue weighted by atomic mass is 32.1. The number of nitrogens with zero attached hydrogens (tertiary/aromatic N) is 2. The maximum Gasteiger partial charge on any atom is 0.322 e. The highest BCUT2D eigenvalue weighted by Crippen LogP contribution is 2.34. The van der Waals surface area contributed by atoms with Crippen LogP contribution in [0.1, 0.15) is 35.4 Å². The van der Waals surface area contributed by atoms with E-state index in [1.165, 1.54) is 17.0 Å². The van der Waals surface area contributed by atoms with Crippen molar-refractivity contribution in [3.8, 4) is 5.75 Å². The van der Waals surface area contributed by atoms with Crippen LogP contribution in [-0.4, -0.2) is 48.0 Å². The van der Waals surface area contributed by atoms with Gasteiger partial charge in [-0.1, -0.05) is 24.6 Å². The standard InChI is InChI=1S/C27H30FN3O3S/c1-3-14-30(27(33)29-21-8-4-19(2)5-9-21)17-26(32)31-15-12-25-23(13-16-35-25)24(31)18-34-22-10-6-20(28)7-11-22/h4-11,13,16,24H,3,12,14-15,17-18H2,1-2H3,(H,29,33). The Balaban J connectivity index is 1.46. The molecule has 6 nitrogen and oxygen atoms in total. The Labute approximate surface area is 209 Å². The number of carbonyl (C=O) groups is 2. The average molecular weight is 496 g/mol. The summed E-state index contributed by atoms with van der Waals surface area (Å²) in [4.78, 5) is 31.1. The molecule has 8 heteroatoms. The van der Waals surface area contributed by atoms with E-state index < -0.39 is 0 Å². The number of halogens is 1. The third-order valence-electron chi connectivity index (χ3n) is 6.05. The van der Waals surface area contributed by atoms with Crippen molar-refractivity contribution in [2.24, 2.45) is 0 Å². The van der Waals surface area contributed by atoms with E-state index in [0.717, 1.165) is 24.0 Å². The number of urea groups is 1. The smallest absolute Gasteiger partial charge is 0.322 e. The van der Waals surface area contributed by atoms with Crippen molar-refractivity contribution >= 4 is 29.0 Å². The minimum Gasteiger partial charge on any atom is -0.491 e. The zero-order valence-corrected chi connectivity index (χ0v) is 20.8. The third-order valence-corrected chi connectivity index (χ3v) is 7.04. The molecule has 184 valence electrons. The zero-order valence-electron chi connectivity index (χ0n) is 20.0. The van der Waals surface area contributed by atoms with E-state index in [0.29, 0.717) is 24.5 Å². The summed E-state index contributed by atoms with van der Waals surface area (Å²) >= 11 is 1.68. The lowest BCUT2D eigenvalue weighted by molar-refractivity contribution is -0.135. The zero-order chi connectivity index (χ0) is 24.8. The number of aryl methyl sites for hydroxylation is 1. The van der Waals surface area contributed by atoms with E-state index in [2.05, 4.69) is 5.32 Å². The van der Waals surface area contributed by atoms with E-state index in [1.54, 1.807) is 33.3 Å².